The molecule has 1 aromatic rings. The maximum Gasteiger partial charge on any atom is 0.303 e. The molecule has 4 nitrogen and oxygen atoms in total. The normalized spacial score (nSPS) is 11.9. The van der Waals surface area contributed by atoms with Crippen molar-refractivity contribution in [2.24, 2.45) is 5.92 Å². The van der Waals surface area contributed by atoms with E-state index in [9.17, 15) is 9.59 Å². The summed E-state index contributed by atoms with van der Waals surface area (Å²) in [4.78, 5) is 22.7. The minimum atomic E-state index is -0.837. The first-order valence-electron chi connectivity index (χ1n) is 5.89. The molecule has 0 aliphatic carbocycles. The molecule has 19 heavy (non-hydrogen) atoms. The third kappa shape index (κ3) is 5.48. The SMILES string of the molecule is CCC(CNC(=O)c1cc(I)ccc1Br)CC(=O)O. The quantitative estimate of drug-likeness (QED) is 0.668. The molecular formula is C13H15BrINO3. The molecule has 0 saturated carbocycles. The van der Waals surface area contributed by atoms with E-state index in [1.807, 2.05) is 19.1 Å². The van der Waals surface area contributed by atoms with Crippen molar-refractivity contribution in [3.8, 4) is 0 Å². The Labute approximate surface area is 134 Å². The van der Waals surface area contributed by atoms with E-state index in [0.29, 0.717) is 12.1 Å². The van der Waals surface area contributed by atoms with Crippen LogP contribution < -0.4 is 5.32 Å². The van der Waals surface area contributed by atoms with Gasteiger partial charge in [-0.2, -0.15) is 0 Å². The number of carbonyl (C=O) groups is 2. The Bertz CT molecular complexity index is 479. The third-order valence-electron chi connectivity index (χ3n) is 2.76. The number of carbonyl (C=O) groups excluding carboxylic acids is 1. The monoisotopic (exact) mass is 439 g/mol. The number of carboxylic acids is 1. The number of nitrogens with one attached hydrogen (secondary N) is 1. The second-order valence-electron chi connectivity index (χ2n) is 4.21. The van der Waals surface area contributed by atoms with Gasteiger partial charge in [-0.3, -0.25) is 9.59 Å². The van der Waals surface area contributed by atoms with Crippen LogP contribution in [-0.4, -0.2) is 23.5 Å². The van der Waals surface area contributed by atoms with Gasteiger partial charge in [0.2, 0.25) is 0 Å². The molecule has 0 radical (unpaired) electrons. The highest BCUT2D eigenvalue weighted by Gasteiger charge is 2.15. The number of amides is 1. The van der Waals surface area contributed by atoms with Gasteiger partial charge < -0.3 is 10.4 Å². The fourth-order valence-corrected chi connectivity index (χ4v) is 2.53. The molecule has 0 aliphatic heterocycles. The number of halogens is 2. The first-order valence-corrected chi connectivity index (χ1v) is 7.76. The van der Waals surface area contributed by atoms with Crippen LogP contribution in [0.5, 0.6) is 0 Å². The molecule has 0 fully saturated rings. The predicted octanol–water partition coefficient (Wildman–Crippen LogP) is 3.28. The van der Waals surface area contributed by atoms with Gasteiger partial charge in [-0.25, -0.2) is 0 Å². The molecule has 0 saturated heterocycles. The Hall–Kier alpha value is -0.630. The minimum Gasteiger partial charge on any atom is -0.481 e. The maximum atomic E-state index is 12.0. The second-order valence-corrected chi connectivity index (χ2v) is 6.31. The van der Waals surface area contributed by atoms with Crippen LogP contribution in [0.2, 0.25) is 0 Å². The Morgan fingerprint density at radius 2 is 2.16 bits per heavy atom. The van der Waals surface area contributed by atoms with Crippen molar-refractivity contribution in [2.45, 2.75) is 19.8 Å². The van der Waals surface area contributed by atoms with E-state index in [-0.39, 0.29) is 18.2 Å². The molecule has 0 aliphatic rings. The summed E-state index contributed by atoms with van der Waals surface area (Å²) in [5.74, 6) is -1.06. The third-order valence-corrected chi connectivity index (χ3v) is 4.13. The number of hydrogen-bond acceptors (Lipinski definition) is 2. The van der Waals surface area contributed by atoms with Crippen LogP contribution in [0.3, 0.4) is 0 Å². The van der Waals surface area contributed by atoms with E-state index < -0.39 is 5.97 Å². The smallest absolute Gasteiger partial charge is 0.303 e. The summed E-state index contributed by atoms with van der Waals surface area (Å²) in [5.41, 5.74) is 0.567. The Kier molecular flexibility index (Phi) is 6.78. The van der Waals surface area contributed by atoms with Crippen molar-refractivity contribution in [1.29, 1.82) is 0 Å². The van der Waals surface area contributed by atoms with E-state index in [0.717, 1.165) is 14.5 Å². The van der Waals surface area contributed by atoms with Crippen LogP contribution in [0, 0.1) is 9.49 Å². The number of hydrogen-bond donors (Lipinski definition) is 2. The lowest BCUT2D eigenvalue weighted by atomic mass is 10.0. The summed E-state index contributed by atoms with van der Waals surface area (Å²) in [6.45, 7) is 2.29. The number of aliphatic carboxylic acids is 1. The van der Waals surface area contributed by atoms with Gasteiger partial charge in [0, 0.05) is 21.0 Å². The van der Waals surface area contributed by atoms with E-state index in [4.69, 9.17) is 5.11 Å². The molecule has 0 aromatic heterocycles. The molecule has 0 heterocycles. The first-order chi connectivity index (χ1) is 8.93. The van der Waals surface area contributed by atoms with Gasteiger partial charge >= 0.3 is 5.97 Å². The second kappa shape index (κ2) is 7.84. The van der Waals surface area contributed by atoms with E-state index in [2.05, 4.69) is 43.8 Å². The van der Waals surface area contributed by atoms with Crippen molar-refractivity contribution in [2.75, 3.05) is 6.54 Å². The van der Waals surface area contributed by atoms with Crippen molar-refractivity contribution in [3.05, 3.63) is 31.8 Å². The Balaban J connectivity index is 2.64. The van der Waals surface area contributed by atoms with Gasteiger partial charge in [-0.15, -0.1) is 0 Å². The zero-order valence-corrected chi connectivity index (χ0v) is 14.2. The van der Waals surface area contributed by atoms with E-state index in [1.54, 1.807) is 6.07 Å². The molecule has 104 valence electrons. The molecule has 2 N–H and O–H groups in total. The Morgan fingerprint density at radius 3 is 2.74 bits per heavy atom. The molecule has 6 heteroatoms. The summed E-state index contributed by atoms with van der Waals surface area (Å²) in [6, 6.07) is 5.52. The minimum absolute atomic E-state index is 0.0389. The fourth-order valence-electron chi connectivity index (χ4n) is 1.61. The van der Waals surface area contributed by atoms with Gasteiger partial charge in [0.15, 0.2) is 0 Å². The predicted molar refractivity (Wildman–Crippen MR) is 85.2 cm³/mol. The average Bonchev–Trinajstić information content (AvgIpc) is 2.36. The van der Waals surface area contributed by atoms with Gasteiger partial charge in [-0.1, -0.05) is 13.3 Å². The summed E-state index contributed by atoms with van der Waals surface area (Å²) in [5, 5.41) is 11.5. The van der Waals surface area contributed by atoms with Crippen LogP contribution in [-0.2, 0) is 4.79 Å². The highest BCUT2D eigenvalue weighted by Crippen LogP contribution is 2.19. The number of carboxylic acid groups (broad SMARTS) is 1. The topological polar surface area (TPSA) is 66.4 Å². The van der Waals surface area contributed by atoms with E-state index >= 15 is 0 Å². The lowest BCUT2D eigenvalue weighted by molar-refractivity contribution is -0.138. The fraction of sp³-hybridized carbons (Fsp3) is 0.385. The van der Waals surface area contributed by atoms with Crippen LogP contribution in [0.4, 0.5) is 0 Å². The molecule has 1 rings (SSSR count). The Morgan fingerprint density at radius 1 is 1.47 bits per heavy atom. The molecule has 0 bridgehead atoms. The van der Waals surface area contributed by atoms with E-state index in [1.165, 1.54) is 0 Å². The molecule has 1 atom stereocenters. The van der Waals surface area contributed by atoms with Crippen LogP contribution in [0.25, 0.3) is 0 Å². The maximum absolute atomic E-state index is 12.0. The number of rotatable bonds is 6. The van der Waals surface area contributed by atoms with Crippen molar-refractivity contribution in [3.63, 3.8) is 0 Å². The van der Waals surface area contributed by atoms with Crippen LogP contribution in [0.1, 0.15) is 30.1 Å². The zero-order chi connectivity index (χ0) is 14.4. The van der Waals surface area contributed by atoms with Crippen LogP contribution in [0.15, 0.2) is 22.7 Å². The largest absolute Gasteiger partial charge is 0.481 e. The lowest BCUT2D eigenvalue weighted by Gasteiger charge is -2.14. The van der Waals surface area contributed by atoms with Crippen molar-refractivity contribution >= 4 is 50.4 Å². The van der Waals surface area contributed by atoms with Gasteiger partial charge in [0.05, 0.1) is 5.56 Å². The summed E-state index contributed by atoms with van der Waals surface area (Å²) in [7, 11) is 0. The molecular weight excluding hydrogens is 425 g/mol. The van der Waals surface area contributed by atoms with Crippen molar-refractivity contribution < 1.29 is 14.7 Å². The first kappa shape index (κ1) is 16.4. The molecule has 0 spiro atoms. The molecule has 1 amide bonds. The van der Waals surface area contributed by atoms with Gasteiger partial charge in [-0.05, 0) is 62.6 Å². The molecule has 1 unspecified atom stereocenters. The van der Waals surface area contributed by atoms with Gasteiger partial charge in [0.25, 0.3) is 5.91 Å². The highest BCUT2D eigenvalue weighted by atomic mass is 127. The van der Waals surface area contributed by atoms with Crippen molar-refractivity contribution in [1.82, 2.24) is 5.32 Å². The lowest BCUT2D eigenvalue weighted by Crippen LogP contribution is -2.30. The standard InChI is InChI=1S/C13H15BrINO3/c1-2-8(5-12(17)18)7-16-13(19)10-6-9(15)3-4-11(10)14/h3-4,6,8H,2,5,7H2,1H3,(H,16,19)(H,17,18). The van der Waals surface area contributed by atoms with Crippen LogP contribution >= 0.6 is 38.5 Å². The summed E-state index contributed by atoms with van der Waals surface area (Å²) in [6.07, 6.45) is 0.796. The summed E-state index contributed by atoms with van der Waals surface area (Å²) < 4.78 is 1.71. The average molecular weight is 440 g/mol. The van der Waals surface area contributed by atoms with Gasteiger partial charge in [0.1, 0.15) is 0 Å². The zero-order valence-electron chi connectivity index (χ0n) is 10.5. The highest BCUT2D eigenvalue weighted by molar-refractivity contribution is 14.1. The number of benzene rings is 1. The molecule has 1 aromatic carbocycles. The summed E-state index contributed by atoms with van der Waals surface area (Å²) >= 11 is 5.48.